The predicted octanol–water partition coefficient (Wildman–Crippen LogP) is 0.381. The van der Waals surface area contributed by atoms with Crippen molar-refractivity contribution in [3.8, 4) is 0 Å². The minimum Gasteiger partial charge on any atom is -0.241 e. The van der Waals surface area contributed by atoms with Crippen LogP contribution >= 0.6 is 8.18 Å². The minimum absolute atomic E-state index is 1.12. The van der Waals surface area contributed by atoms with E-state index < -0.39 is 8.18 Å². The summed E-state index contributed by atoms with van der Waals surface area (Å²) in [6.45, 7) is 0. The molecule has 0 fully saturated rings. The fraction of sp³-hybridized carbons (Fsp3) is 0. The van der Waals surface area contributed by atoms with Crippen LogP contribution in [0.4, 0.5) is 0 Å². The van der Waals surface area contributed by atoms with Crippen molar-refractivity contribution in [3.05, 3.63) is 18.7 Å². The summed E-state index contributed by atoms with van der Waals surface area (Å²) in [5.74, 6) is 0. The Morgan fingerprint density at radius 1 is 1.75 bits per heavy atom. The molecule has 1 N–H and O–H groups in total. The normalized spacial score (nSPS) is 11.4. The SMILES string of the molecule is O=[P+](O)n1ccnc1. The maximum absolute atomic E-state index is 10.1. The largest absolute Gasteiger partial charge is 0.648 e. The zero-order valence-electron chi connectivity index (χ0n) is 3.93. The van der Waals surface area contributed by atoms with Crippen molar-refractivity contribution in [2.75, 3.05) is 0 Å². The van der Waals surface area contributed by atoms with Gasteiger partial charge in [-0.15, -0.1) is 9.23 Å². The summed E-state index contributed by atoms with van der Waals surface area (Å²) in [7, 11) is -2.25. The van der Waals surface area contributed by atoms with Crippen molar-refractivity contribution in [2.45, 2.75) is 0 Å². The maximum Gasteiger partial charge on any atom is 0.648 e. The molecule has 0 aliphatic heterocycles. The van der Waals surface area contributed by atoms with Gasteiger partial charge in [0.25, 0.3) is 0 Å². The van der Waals surface area contributed by atoms with E-state index in [4.69, 9.17) is 4.89 Å². The first-order chi connectivity index (χ1) is 3.80. The highest BCUT2D eigenvalue weighted by Crippen LogP contribution is 2.14. The van der Waals surface area contributed by atoms with Crippen LogP contribution in [0.5, 0.6) is 0 Å². The van der Waals surface area contributed by atoms with Crippen LogP contribution in [0, 0.1) is 0 Å². The van der Waals surface area contributed by atoms with Crippen molar-refractivity contribution in [1.82, 2.24) is 9.32 Å². The van der Waals surface area contributed by atoms with Crippen molar-refractivity contribution in [3.63, 3.8) is 0 Å². The predicted molar refractivity (Wildman–Crippen MR) is 27.5 cm³/mol. The molecule has 0 bridgehead atoms. The van der Waals surface area contributed by atoms with Crippen molar-refractivity contribution >= 4 is 8.18 Å². The molecule has 1 atom stereocenters. The highest BCUT2D eigenvalue weighted by molar-refractivity contribution is 7.36. The quantitative estimate of drug-likeness (QED) is 0.560. The van der Waals surface area contributed by atoms with Crippen molar-refractivity contribution in [2.24, 2.45) is 0 Å². The van der Waals surface area contributed by atoms with E-state index in [1.807, 2.05) is 0 Å². The molecule has 0 radical (unpaired) electrons. The summed E-state index contributed by atoms with van der Waals surface area (Å²) in [6, 6.07) is 0. The van der Waals surface area contributed by atoms with E-state index in [0.717, 1.165) is 4.34 Å². The van der Waals surface area contributed by atoms with Gasteiger partial charge in [-0.2, -0.15) is 0 Å². The summed E-state index contributed by atoms with van der Waals surface area (Å²) in [6.07, 6.45) is 4.17. The molecule has 0 saturated carbocycles. The van der Waals surface area contributed by atoms with E-state index in [0.29, 0.717) is 0 Å². The molecule has 5 heteroatoms. The molecule has 1 unspecified atom stereocenters. The van der Waals surface area contributed by atoms with Gasteiger partial charge in [0.2, 0.25) is 0 Å². The molecule has 0 aliphatic rings. The van der Waals surface area contributed by atoms with Crippen LogP contribution < -0.4 is 0 Å². The summed E-state index contributed by atoms with van der Waals surface area (Å²) in [5, 5.41) is 0. The Morgan fingerprint density at radius 2 is 2.50 bits per heavy atom. The van der Waals surface area contributed by atoms with Crippen LogP contribution in [0.15, 0.2) is 18.7 Å². The van der Waals surface area contributed by atoms with E-state index in [1.165, 1.54) is 18.7 Å². The Labute approximate surface area is 46.7 Å². The number of hydrogen-bond acceptors (Lipinski definition) is 2. The second-order valence-electron chi connectivity index (χ2n) is 1.20. The standard InChI is InChI=1S/C3H3N2O2P/c6-8(7)5-2-1-4-3-5/h1-3H/p+1. The van der Waals surface area contributed by atoms with Gasteiger partial charge in [0.05, 0.1) is 6.20 Å². The topological polar surface area (TPSA) is 55.1 Å². The first-order valence-electron chi connectivity index (χ1n) is 1.95. The van der Waals surface area contributed by atoms with Crippen molar-refractivity contribution in [1.29, 1.82) is 0 Å². The molecule has 1 aromatic rings. The average Bonchev–Trinajstić information content (AvgIpc) is 2.12. The molecule has 4 nitrogen and oxygen atoms in total. The van der Waals surface area contributed by atoms with E-state index >= 15 is 0 Å². The second-order valence-corrected chi connectivity index (χ2v) is 2.16. The van der Waals surface area contributed by atoms with Gasteiger partial charge in [-0.05, 0) is 4.57 Å². The third-order valence-electron chi connectivity index (χ3n) is 0.688. The number of imidazole rings is 1. The zero-order chi connectivity index (χ0) is 5.98. The lowest BCUT2D eigenvalue weighted by Crippen LogP contribution is -1.75. The van der Waals surface area contributed by atoms with Crippen LogP contribution in [0.2, 0.25) is 0 Å². The van der Waals surface area contributed by atoms with Crippen LogP contribution in [-0.2, 0) is 4.57 Å². The van der Waals surface area contributed by atoms with Gasteiger partial charge < -0.3 is 0 Å². The summed E-state index contributed by atoms with van der Waals surface area (Å²) >= 11 is 0. The molecule has 0 saturated heterocycles. The third-order valence-corrected chi connectivity index (χ3v) is 1.32. The lowest BCUT2D eigenvalue weighted by molar-refractivity contribution is 0.494. The van der Waals surface area contributed by atoms with Gasteiger partial charge in [-0.3, -0.25) is 0 Å². The second kappa shape index (κ2) is 2.03. The fourth-order valence-electron chi connectivity index (χ4n) is 0.353. The molecule has 42 valence electrons. The molecule has 0 amide bonds. The summed E-state index contributed by atoms with van der Waals surface area (Å²) in [4.78, 5) is 11.9. The Balaban J connectivity index is 2.93. The van der Waals surface area contributed by atoms with Crippen molar-refractivity contribution < 1.29 is 9.46 Å². The van der Waals surface area contributed by atoms with Crippen LogP contribution in [0.1, 0.15) is 0 Å². The number of rotatable bonds is 1. The first-order valence-corrected chi connectivity index (χ1v) is 3.11. The zero-order valence-corrected chi connectivity index (χ0v) is 4.82. The maximum atomic E-state index is 10.1. The fourth-order valence-corrected chi connectivity index (χ4v) is 0.675. The minimum atomic E-state index is -2.25. The van der Waals surface area contributed by atoms with Gasteiger partial charge in [-0.25, -0.2) is 4.98 Å². The molecule has 0 aromatic carbocycles. The molecule has 1 aromatic heterocycles. The van der Waals surface area contributed by atoms with Gasteiger partial charge in [0, 0.05) is 6.20 Å². The first kappa shape index (κ1) is 5.41. The molecular formula is C3H4N2O2P+. The average molecular weight is 131 g/mol. The lowest BCUT2D eigenvalue weighted by Gasteiger charge is -1.69. The highest BCUT2D eigenvalue weighted by atomic mass is 31.1. The highest BCUT2D eigenvalue weighted by Gasteiger charge is 2.10. The van der Waals surface area contributed by atoms with E-state index in [9.17, 15) is 4.57 Å². The smallest absolute Gasteiger partial charge is 0.241 e. The molecular weight excluding hydrogens is 127 g/mol. The number of hydrogen-bond donors (Lipinski definition) is 1. The molecule has 1 rings (SSSR count). The van der Waals surface area contributed by atoms with Crippen LogP contribution in [-0.4, -0.2) is 14.2 Å². The summed E-state index contributed by atoms with van der Waals surface area (Å²) < 4.78 is 11.3. The van der Waals surface area contributed by atoms with Gasteiger partial charge in [0.15, 0.2) is 0 Å². The van der Waals surface area contributed by atoms with E-state index in [-0.39, 0.29) is 0 Å². The van der Waals surface area contributed by atoms with E-state index in [2.05, 4.69) is 4.98 Å². The van der Waals surface area contributed by atoms with Crippen LogP contribution in [0.25, 0.3) is 0 Å². The monoisotopic (exact) mass is 131 g/mol. The van der Waals surface area contributed by atoms with Gasteiger partial charge in [-0.1, -0.05) is 0 Å². The lowest BCUT2D eigenvalue weighted by atomic mass is 11.0. The Hall–Kier alpha value is -0.730. The number of aromatic nitrogens is 2. The van der Waals surface area contributed by atoms with Gasteiger partial charge >= 0.3 is 8.18 Å². The number of nitrogens with zero attached hydrogens (tertiary/aromatic N) is 2. The molecule has 8 heavy (non-hydrogen) atoms. The summed E-state index contributed by atoms with van der Waals surface area (Å²) in [5.41, 5.74) is 0. The van der Waals surface area contributed by atoms with Gasteiger partial charge in [0.1, 0.15) is 6.33 Å². The molecule has 1 heterocycles. The van der Waals surface area contributed by atoms with Crippen LogP contribution in [0.3, 0.4) is 0 Å². The molecule has 0 spiro atoms. The Bertz CT molecular complexity index is 183. The Kier molecular flexibility index (Phi) is 1.37. The third kappa shape index (κ3) is 0.911. The molecule has 0 aliphatic carbocycles. The Morgan fingerprint density at radius 3 is 2.75 bits per heavy atom. The van der Waals surface area contributed by atoms with E-state index in [1.54, 1.807) is 0 Å².